The minimum atomic E-state index is -0.568. The maximum atomic E-state index is 12.8. The van der Waals surface area contributed by atoms with Crippen LogP contribution in [0.5, 0.6) is 5.75 Å². The van der Waals surface area contributed by atoms with Crippen molar-refractivity contribution in [3.8, 4) is 78.6 Å². The van der Waals surface area contributed by atoms with Gasteiger partial charge in [-0.05, 0) is 146 Å². The standard InChI is InChI=1S/C64H65N3O/c1-39(2)52-34-47(44-25-18-14-19-26-44)35-53(40(3)4)60(52)67-56-30-22-29-51(59(56)66-62(67)54-36-50(63(7,8)9)37-55(61(54)68)64(10,11)12)48-31-46(43-23-16-13-17-24-43)32-49(33-48)58-42(6)57(41(5)38-65-58)45-27-20-15-21-28-45/h13-40,68H,1-12H3/i13D,16D,17D,23D,24D,31D,32D. The monoisotopic (exact) mass is 899 g/mol. The molecule has 7 aromatic carbocycles. The molecular weight excluding hydrogens is 827 g/mol. The van der Waals surface area contributed by atoms with E-state index in [1.165, 1.54) is 0 Å². The number of aryl methyl sites for hydroxylation is 1. The average molecular weight is 899 g/mol. The van der Waals surface area contributed by atoms with Gasteiger partial charge >= 0.3 is 0 Å². The zero-order valence-electron chi connectivity index (χ0n) is 48.4. The Bertz CT molecular complexity index is 3680. The number of hydrogen-bond donors (Lipinski definition) is 1. The number of pyridine rings is 1. The van der Waals surface area contributed by atoms with Crippen LogP contribution in [0.2, 0.25) is 0 Å². The van der Waals surface area contributed by atoms with Gasteiger partial charge in [0.25, 0.3) is 0 Å². The van der Waals surface area contributed by atoms with E-state index in [0.29, 0.717) is 44.8 Å². The molecule has 9 rings (SSSR count). The lowest BCUT2D eigenvalue weighted by molar-refractivity contribution is 0.446. The molecule has 9 aromatic rings. The SMILES string of the molecule is [2H]c1c([2H])c([2H])c(-c2c([2H])c(-c3ncc(C)c(-c4ccccc4)c3C)cc(-c3cccc4c3nc(-c3cc(C(C)(C)C)cc(C(C)(C)C)c3O)n4-c3c(C(C)C)cc(-c4ccccc4)cc3C(C)C)c2[2H])c([2H])c1[2H]. The molecule has 0 atom stereocenters. The molecule has 0 bridgehead atoms. The molecule has 4 heteroatoms. The van der Waals surface area contributed by atoms with Crippen molar-refractivity contribution in [3.63, 3.8) is 0 Å². The fourth-order valence-electron chi connectivity index (χ4n) is 9.50. The summed E-state index contributed by atoms with van der Waals surface area (Å²) in [5, 5.41) is 12.8. The largest absolute Gasteiger partial charge is 0.507 e. The van der Waals surface area contributed by atoms with Gasteiger partial charge in [-0.1, -0.05) is 178 Å². The van der Waals surface area contributed by atoms with Crippen LogP contribution < -0.4 is 0 Å². The Hall–Kier alpha value is -7.04. The summed E-state index contributed by atoms with van der Waals surface area (Å²) in [4.78, 5) is 10.6. The van der Waals surface area contributed by atoms with Crippen molar-refractivity contribution in [2.75, 3.05) is 0 Å². The first-order chi connectivity index (χ1) is 35.3. The molecule has 0 aliphatic rings. The van der Waals surface area contributed by atoms with Crippen molar-refractivity contribution < 1.29 is 14.7 Å². The zero-order valence-corrected chi connectivity index (χ0v) is 41.4. The number of nitrogens with zero attached hydrogens (tertiary/aromatic N) is 3. The van der Waals surface area contributed by atoms with Gasteiger partial charge < -0.3 is 5.11 Å². The maximum Gasteiger partial charge on any atom is 0.149 e. The molecule has 0 aliphatic carbocycles. The fraction of sp³-hybridized carbons (Fsp3) is 0.250. The Morgan fingerprint density at radius 1 is 0.588 bits per heavy atom. The van der Waals surface area contributed by atoms with Crippen molar-refractivity contribution in [2.24, 2.45) is 0 Å². The Morgan fingerprint density at radius 2 is 1.21 bits per heavy atom. The molecule has 0 saturated carbocycles. The summed E-state index contributed by atoms with van der Waals surface area (Å²) in [6, 6.07) is 33.5. The Labute approximate surface area is 414 Å². The number of phenols is 1. The number of imidazole rings is 1. The number of hydrogen-bond acceptors (Lipinski definition) is 3. The van der Waals surface area contributed by atoms with Crippen LogP contribution in [0.1, 0.15) is 124 Å². The number of benzene rings is 7. The van der Waals surface area contributed by atoms with E-state index in [4.69, 9.17) is 14.1 Å². The van der Waals surface area contributed by atoms with E-state index >= 15 is 0 Å². The lowest BCUT2D eigenvalue weighted by Crippen LogP contribution is -2.17. The van der Waals surface area contributed by atoms with E-state index < -0.39 is 35.6 Å². The highest BCUT2D eigenvalue weighted by molar-refractivity contribution is 5.98. The summed E-state index contributed by atoms with van der Waals surface area (Å²) in [5.41, 5.74) is 12.9. The molecule has 4 nitrogen and oxygen atoms in total. The second kappa shape index (κ2) is 17.9. The minimum absolute atomic E-state index is 0.0342. The summed E-state index contributed by atoms with van der Waals surface area (Å²) in [6.07, 6.45) is 1.77. The molecule has 0 fully saturated rings. The van der Waals surface area contributed by atoms with Crippen molar-refractivity contribution >= 4 is 11.0 Å². The maximum absolute atomic E-state index is 12.8. The van der Waals surface area contributed by atoms with Gasteiger partial charge in [-0.15, -0.1) is 0 Å². The van der Waals surface area contributed by atoms with Crippen LogP contribution in [0.3, 0.4) is 0 Å². The third-order valence-corrected chi connectivity index (χ3v) is 13.1. The molecule has 0 aliphatic heterocycles. The van der Waals surface area contributed by atoms with Gasteiger partial charge in [0.15, 0.2) is 0 Å². The lowest BCUT2D eigenvalue weighted by Gasteiger charge is -2.28. The van der Waals surface area contributed by atoms with Crippen molar-refractivity contribution in [3.05, 3.63) is 191 Å². The average Bonchev–Trinajstić information content (AvgIpc) is 3.78. The van der Waals surface area contributed by atoms with Gasteiger partial charge in [0, 0.05) is 22.9 Å². The first-order valence-electron chi connectivity index (χ1n) is 27.2. The first-order valence-corrected chi connectivity index (χ1v) is 23.7. The summed E-state index contributed by atoms with van der Waals surface area (Å²) in [7, 11) is 0. The predicted molar refractivity (Wildman–Crippen MR) is 288 cm³/mol. The van der Waals surface area contributed by atoms with Crippen molar-refractivity contribution in [1.82, 2.24) is 14.5 Å². The van der Waals surface area contributed by atoms with Crippen molar-refractivity contribution in [1.29, 1.82) is 0 Å². The van der Waals surface area contributed by atoms with Crippen LogP contribution in [-0.2, 0) is 10.8 Å². The molecule has 0 unspecified atom stereocenters. The van der Waals surface area contributed by atoms with Gasteiger partial charge in [-0.25, -0.2) is 4.98 Å². The number of para-hydroxylation sites is 1. The van der Waals surface area contributed by atoms with E-state index in [0.717, 1.165) is 61.3 Å². The number of rotatable bonds is 9. The van der Waals surface area contributed by atoms with Crippen LogP contribution in [0, 0.1) is 13.8 Å². The quantitative estimate of drug-likeness (QED) is 0.157. The Balaban J connectivity index is 1.48. The van der Waals surface area contributed by atoms with E-state index in [9.17, 15) is 10.6 Å². The van der Waals surface area contributed by atoms with Gasteiger partial charge in [-0.3, -0.25) is 9.55 Å². The Morgan fingerprint density at radius 3 is 1.81 bits per heavy atom. The third kappa shape index (κ3) is 8.58. The molecule has 0 saturated heterocycles. The second-order valence-electron chi connectivity index (χ2n) is 20.8. The molecule has 0 radical (unpaired) electrons. The van der Waals surface area contributed by atoms with Crippen molar-refractivity contribution in [2.45, 2.75) is 106 Å². The summed E-state index contributed by atoms with van der Waals surface area (Å²) >= 11 is 0. The summed E-state index contributed by atoms with van der Waals surface area (Å²) in [5.74, 6) is 0.687. The second-order valence-corrected chi connectivity index (χ2v) is 20.8. The number of aromatic nitrogens is 3. The topological polar surface area (TPSA) is 50.9 Å². The van der Waals surface area contributed by atoms with Gasteiger partial charge in [0.05, 0.1) is 37.6 Å². The molecule has 0 amide bonds. The molecule has 2 heterocycles. The van der Waals surface area contributed by atoms with Crippen LogP contribution >= 0.6 is 0 Å². The lowest BCUT2D eigenvalue weighted by atomic mass is 9.78. The fourth-order valence-corrected chi connectivity index (χ4v) is 9.50. The molecular formula is C64H65N3O. The van der Waals surface area contributed by atoms with E-state index in [1.54, 1.807) is 12.3 Å². The van der Waals surface area contributed by atoms with E-state index in [-0.39, 0.29) is 46.2 Å². The number of fused-ring (bicyclic) bond motifs is 1. The third-order valence-electron chi connectivity index (χ3n) is 13.1. The predicted octanol–water partition coefficient (Wildman–Crippen LogP) is 17.6. The molecule has 342 valence electrons. The smallest absolute Gasteiger partial charge is 0.149 e. The van der Waals surface area contributed by atoms with E-state index in [1.807, 2.05) is 68.4 Å². The van der Waals surface area contributed by atoms with E-state index in [2.05, 4.69) is 122 Å². The zero-order chi connectivity index (χ0) is 54.3. The van der Waals surface area contributed by atoms with Crippen LogP contribution in [0.4, 0.5) is 0 Å². The highest BCUT2D eigenvalue weighted by Gasteiger charge is 2.31. The van der Waals surface area contributed by atoms with Crippen LogP contribution in [0.25, 0.3) is 83.9 Å². The summed E-state index contributed by atoms with van der Waals surface area (Å²) < 4.78 is 66.8. The van der Waals surface area contributed by atoms with Gasteiger partial charge in [-0.2, -0.15) is 0 Å². The van der Waals surface area contributed by atoms with Gasteiger partial charge in [0.1, 0.15) is 11.6 Å². The highest BCUT2D eigenvalue weighted by atomic mass is 16.3. The molecule has 68 heavy (non-hydrogen) atoms. The minimum Gasteiger partial charge on any atom is -0.507 e. The molecule has 2 aromatic heterocycles. The number of aromatic hydroxyl groups is 1. The van der Waals surface area contributed by atoms with Crippen LogP contribution in [0.15, 0.2) is 158 Å². The first kappa shape index (κ1) is 38.0. The molecule has 0 spiro atoms. The Kier molecular flexibility index (Phi) is 9.99. The summed E-state index contributed by atoms with van der Waals surface area (Å²) in [6.45, 7) is 25.5. The highest BCUT2D eigenvalue weighted by Crippen LogP contribution is 2.47. The number of phenolic OH excluding ortho intramolecular Hbond substituents is 1. The van der Waals surface area contributed by atoms with Crippen LogP contribution in [-0.4, -0.2) is 19.6 Å². The normalized spacial score (nSPS) is 13.6. The molecule has 1 N–H and O–H groups in total. The van der Waals surface area contributed by atoms with Gasteiger partial charge in [0.2, 0.25) is 0 Å².